The number of hydrogen-bond donors (Lipinski definition) is 1. The van der Waals surface area contributed by atoms with Crippen LogP contribution in [0.15, 0.2) is 36.5 Å². The van der Waals surface area contributed by atoms with E-state index in [0.29, 0.717) is 13.2 Å². The lowest BCUT2D eigenvalue weighted by Gasteiger charge is -2.39. The van der Waals surface area contributed by atoms with Crippen LogP contribution in [-0.2, 0) is 16.1 Å². The second-order valence-electron chi connectivity index (χ2n) is 5.79. The molecule has 2 aromatic rings. The van der Waals surface area contributed by atoms with Crippen LogP contribution in [-0.4, -0.2) is 24.6 Å². The first-order valence-electron chi connectivity index (χ1n) is 7.34. The van der Waals surface area contributed by atoms with Gasteiger partial charge >= 0.3 is 0 Å². The van der Waals surface area contributed by atoms with Gasteiger partial charge in [0.25, 0.3) is 0 Å². The Morgan fingerprint density at radius 3 is 2.90 bits per heavy atom. The topological polar surface area (TPSA) is 51.2 Å². The molecule has 1 saturated carbocycles. The van der Waals surface area contributed by atoms with Crippen LogP contribution in [0, 0.1) is 5.41 Å². The fourth-order valence-electron chi connectivity index (χ4n) is 2.90. The van der Waals surface area contributed by atoms with Crippen molar-refractivity contribution < 1.29 is 9.53 Å². The molecule has 1 aliphatic carbocycles. The van der Waals surface area contributed by atoms with E-state index in [0.717, 1.165) is 35.7 Å². The molecule has 0 radical (unpaired) electrons. The van der Waals surface area contributed by atoms with Crippen molar-refractivity contribution in [3.05, 3.63) is 42.1 Å². The van der Waals surface area contributed by atoms with Crippen LogP contribution in [0.5, 0.6) is 0 Å². The van der Waals surface area contributed by atoms with Gasteiger partial charge in [-0.25, -0.2) is 0 Å². The third kappa shape index (κ3) is 2.76. The quantitative estimate of drug-likeness (QED) is 0.918. The van der Waals surface area contributed by atoms with Gasteiger partial charge in [0.1, 0.15) is 0 Å². The number of carbonyl (C=O) groups excluding carboxylic acids is 1. The number of aromatic nitrogens is 1. The maximum absolute atomic E-state index is 12.4. The van der Waals surface area contributed by atoms with Crippen molar-refractivity contribution in [1.29, 1.82) is 0 Å². The van der Waals surface area contributed by atoms with Crippen LogP contribution in [0.2, 0.25) is 0 Å². The molecule has 1 aromatic heterocycles. The molecule has 1 aliphatic rings. The molecule has 1 fully saturated rings. The van der Waals surface area contributed by atoms with Crippen molar-refractivity contribution in [2.45, 2.75) is 25.8 Å². The standard InChI is InChI=1S/C17H20N2O2/c1-21-12-17(7-4-8-17)16(20)19-11-13-9-14-5-2-3-6-15(14)18-10-13/h2-3,5-6,9-10H,4,7-8,11-12H2,1H3,(H,19,20). The number of fused-ring (bicyclic) bond motifs is 1. The summed E-state index contributed by atoms with van der Waals surface area (Å²) in [6.07, 6.45) is 4.77. The van der Waals surface area contributed by atoms with Crippen molar-refractivity contribution in [2.24, 2.45) is 5.41 Å². The largest absolute Gasteiger partial charge is 0.384 e. The first kappa shape index (κ1) is 14.0. The zero-order chi connectivity index (χ0) is 14.7. The van der Waals surface area contributed by atoms with Gasteiger partial charge < -0.3 is 10.1 Å². The third-order valence-corrected chi connectivity index (χ3v) is 4.31. The fraction of sp³-hybridized carbons (Fsp3) is 0.412. The van der Waals surface area contributed by atoms with E-state index >= 15 is 0 Å². The molecule has 4 nitrogen and oxygen atoms in total. The van der Waals surface area contributed by atoms with E-state index < -0.39 is 0 Å². The summed E-state index contributed by atoms with van der Waals surface area (Å²) >= 11 is 0. The number of nitrogens with zero attached hydrogens (tertiary/aromatic N) is 1. The van der Waals surface area contributed by atoms with Crippen molar-refractivity contribution in [3.63, 3.8) is 0 Å². The molecule has 1 amide bonds. The third-order valence-electron chi connectivity index (χ3n) is 4.31. The molecular formula is C17H20N2O2. The van der Waals surface area contributed by atoms with Gasteiger partial charge in [-0.15, -0.1) is 0 Å². The number of methoxy groups -OCH3 is 1. The van der Waals surface area contributed by atoms with E-state index in [1.165, 1.54) is 0 Å². The molecule has 1 aromatic carbocycles. The Labute approximate surface area is 124 Å². The molecule has 0 atom stereocenters. The maximum Gasteiger partial charge on any atom is 0.228 e. The van der Waals surface area contributed by atoms with Crippen LogP contribution in [0.4, 0.5) is 0 Å². The van der Waals surface area contributed by atoms with Gasteiger partial charge in [0.15, 0.2) is 0 Å². The van der Waals surface area contributed by atoms with Crippen molar-refractivity contribution in [3.8, 4) is 0 Å². The fourth-order valence-corrected chi connectivity index (χ4v) is 2.90. The zero-order valence-corrected chi connectivity index (χ0v) is 12.3. The van der Waals surface area contributed by atoms with Crippen LogP contribution in [0.1, 0.15) is 24.8 Å². The highest BCUT2D eigenvalue weighted by Gasteiger charge is 2.43. The lowest BCUT2D eigenvalue weighted by atomic mass is 9.68. The predicted octanol–water partition coefficient (Wildman–Crippen LogP) is 2.67. The van der Waals surface area contributed by atoms with E-state index in [1.807, 2.05) is 30.5 Å². The summed E-state index contributed by atoms with van der Waals surface area (Å²) in [4.78, 5) is 16.8. The Morgan fingerprint density at radius 1 is 1.38 bits per heavy atom. The summed E-state index contributed by atoms with van der Waals surface area (Å²) < 4.78 is 5.21. The average molecular weight is 284 g/mol. The molecule has 1 N–H and O–H groups in total. The number of benzene rings is 1. The molecule has 0 spiro atoms. The number of nitrogens with one attached hydrogen (secondary N) is 1. The summed E-state index contributed by atoms with van der Waals surface area (Å²) in [5, 5.41) is 4.13. The van der Waals surface area contributed by atoms with Gasteiger partial charge in [-0.1, -0.05) is 24.6 Å². The molecule has 4 heteroatoms. The van der Waals surface area contributed by atoms with E-state index in [1.54, 1.807) is 7.11 Å². The number of pyridine rings is 1. The Kier molecular flexibility index (Phi) is 3.88. The van der Waals surface area contributed by atoms with Gasteiger partial charge in [0, 0.05) is 25.2 Å². The minimum Gasteiger partial charge on any atom is -0.384 e. The van der Waals surface area contributed by atoms with Crippen LogP contribution >= 0.6 is 0 Å². The number of para-hydroxylation sites is 1. The van der Waals surface area contributed by atoms with Crippen LogP contribution in [0.3, 0.4) is 0 Å². The SMILES string of the molecule is COCC1(C(=O)NCc2cnc3ccccc3c2)CCC1. The Balaban J connectivity index is 1.67. The van der Waals surface area contributed by atoms with Crippen molar-refractivity contribution in [1.82, 2.24) is 10.3 Å². The minimum atomic E-state index is -0.307. The molecule has 110 valence electrons. The lowest BCUT2D eigenvalue weighted by Crippen LogP contribution is -2.48. The maximum atomic E-state index is 12.4. The number of ether oxygens (including phenoxy) is 1. The molecule has 0 bridgehead atoms. The zero-order valence-electron chi connectivity index (χ0n) is 12.3. The Hall–Kier alpha value is -1.94. The van der Waals surface area contributed by atoms with E-state index in [-0.39, 0.29) is 11.3 Å². The van der Waals surface area contributed by atoms with Gasteiger partial charge in [0.2, 0.25) is 5.91 Å². The first-order valence-corrected chi connectivity index (χ1v) is 7.34. The Morgan fingerprint density at radius 2 is 2.19 bits per heavy atom. The van der Waals surface area contributed by atoms with Gasteiger partial charge in [-0.3, -0.25) is 9.78 Å². The number of rotatable bonds is 5. The van der Waals surface area contributed by atoms with E-state index in [2.05, 4.69) is 16.4 Å². The lowest BCUT2D eigenvalue weighted by molar-refractivity contribution is -0.140. The second kappa shape index (κ2) is 5.82. The summed E-state index contributed by atoms with van der Waals surface area (Å²) in [6.45, 7) is 1.02. The highest BCUT2D eigenvalue weighted by Crippen LogP contribution is 2.41. The van der Waals surface area contributed by atoms with Crippen molar-refractivity contribution in [2.75, 3.05) is 13.7 Å². The summed E-state index contributed by atoms with van der Waals surface area (Å²) in [5.41, 5.74) is 1.69. The highest BCUT2D eigenvalue weighted by atomic mass is 16.5. The van der Waals surface area contributed by atoms with E-state index in [4.69, 9.17) is 4.74 Å². The van der Waals surface area contributed by atoms with E-state index in [9.17, 15) is 4.79 Å². The molecule has 3 rings (SSSR count). The first-order chi connectivity index (χ1) is 10.2. The summed E-state index contributed by atoms with van der Waals surface area (Å²) in [6, 6.07) is 10.1. The molecule has 0 unspecified atom stereocenters. The number of amides is 1. The number of hydrogen-bond acceptors (Lipinski definition) is 3. The number of carbonyl (C=O) groups is 1. The van der Waals surface area contributed by atoms with Crippen LogP contribution in [0.25, 0.3) is 10.9 Å². The molecule has 0 saturated heterocycles. The average Bonchev–Trinajstić information content (AvgIpc) is 2.48. The monoisotopic (exact) mass is 284 g/mol. The second-order valence-corrected chi connectivity index (χ2v) is 5.79. The Bertz CT molecular complexity index is 650. The van der Waals surface area contributed by atoms with Gasteiger partial charge in [-0.2, -0.15) is 0 Å². The minimum absolute atomic E-state index is 0.101. The smallest absolute Gasteiger partial charge is 0.228 e. The summed E-state index contributed by atoms with van der Waals surface area (Å²) in [7, 11) is 1.65. The molecule has 0 aliphatic heterocycles. The van der Waals surface area contributed by atoms with Crippen molar-refractivity contribution >= 4 is 16.8 Å². The highest BCUT2D eigenvalue weighted by molar-refractivity contribution is 5.84. The van der Waals surface area contributed by atoms with Gasteiger partial charge in [0.05, 0.1) is 17.5 Å². The normalized spacial score (nSPS) is 16.4. The summed E-state index contributed by atoms with van der Waals surface area (Å²) in [5.74, 6) is 0.101. The molecular weight excluding hydrogens is 264 g/mol. The predicted molar refractivity (Wildman–Crippen MR) is 81.7 cm³/mol. The molecule has 1 heterocycles. The van der Waals surface area contributed by atoms with Gasteiger partial charge in [-0.05, 0) is 30.5 Å². The van der Waals surface area contributed by atoms with Crippen LogP contribution < -0.4 is 5.32 Å². The molecule has 21 heavy (non-hydrogen) atoms.